The quantitative estimate of drug-likeness (QED) is 0.213. The highest BCUT2D eigenvalue weighted by Gasteiger charge is 2.10. The molecule has 1 atom stereocenters. The van der Waals surface area contributed by atoms with Crippen molar-refractivity contribution in [2.24, 2.45) is 0 Å². The fourth-order valence-corrected chi connectivity index (χ4v) is 3.70. The molecule has 0 saturated heterocycles. The van der Waals surface area contributed by atoms with Gasteiger partial charge < -0.3 is 15.7 Å². The van der Waals surface area contributed by atoms with Crippen LogP contribution in [-0.2, 0) is 24.4 Å². The molecule has 0 saturated carbocycles. The van der Waals surface area contributed by atoms with Crippen LogP contribution in [0.5, 0.6) is 0 Å². The maximum atomic E-state index is 11.0. The van der Waals surface area contributed by atoms with Crippen LogP contribution in [-0.4, -0.2) is 40.2 Å². The van der Waals surface area contributed by atoms with E-state index >= 15 is 0 Å². The second kappa shape index (κ2) is 10.1. The average molecular weight is 518 g/mol. The van der Waals surface area contributed by atoms with Gasteiger partial charge in [0, 0.05) is 29.5 Å². The van der Waals surface area contributed by atoms with Crippen LogP contribution in [0.2, 0.25) is 0 Å². The van der Waals surface area contributed by atoms with Crippen molar-refractivity contribution in [1.82, 2.24) is 24.5 Å². The summed E-state index contributed by atoms with van der Waals surface area (Å²) >= 11 is 1.35. The third-order valence-corrected chi connectivity index (χ3v) is 5.58. The zero-order valence-electron chi connectivity index (χ0n) is 16.7. The van der Waals surface area contributed by atoms with Crippen LogP contribution in [0.4, 0.5) is 23.1 Å². The minimum absolute atomic E-state index is 0.00446. The highest BCUT2D eigenvalue weighted by atomic mass is 79.9. The summed E-state index contributed by atoms with van der Waals surface area (Å²) in [5.41, 5.74) is 3.21. The van der Waals surface area contributed by atoms with Gasteiger partial charge in [0.25, 0.3) is 0 Å². The first-order valence-corrected chi connectivity index (χ1v) is 11.5. The number of nitrogens with zero attached hydrogens (tertiary/aromatic N) is 4. The summed E-state index contributed by atoms with van der Waals surface area (Å²) in [5.74, 6) is 0.918. The van der Waals surface area contributed by atoms with Crippen LogP contribution in [0, 0.1) is 0 Å². The summed E-state index contributed by atoms with van der Waals surface area (Å²) in [6, 6.07) is 13.2. The number of hydrogen-bond acceptors (Lipinski definition) is 7. The maximum absolute atomic E-state index is 11.0. The molecule has 32 heavy (non-hydrogen) atoms. The van der Waals surface area contributed by atoms with E-state index in [2.05, 4.69) is 46.4 Å². The van der Waals surface area contributed by atoms with Crippen LogP contribution in [0.1, 0.15) is 5.56 Å². The van der Waals surface area contributed by atoms with Gasteiger partial charge in [0.2, 0.25) is 17.2 Å². The monoisotopic (exact) mass is 517 g/mol. The first kappa shape index (κ1) is 22.3. The molecule has 0 aliphatic heterocycles. The van der Waals surface area contributed by atoms with Crippen molar-refractivity contribution in [3.63, 3.8) is 0 Å². The Morgan fingerprint density at radius 3 is 2.78 bits per heavy atom. The predicted octanol–water partition coefficient (Wildman–Crippen LogP) is 3.29. The fraction of sp³-hybridized carbons (Fsp3) is 0.150. The second-order valence-electron chi connectivity index (χ2n) is 6.73. The maximum Gasteiger partial charge on any atom is 0.232 e. The second-order valence-corrected chi connectivity index (χ2v) is 8.37. The number of hydrogen-bond donors (Lipinski definition) is 5. The summed E-state index contributed by atoms with van der Waals surface area (Å²) in [4.78, 5) is 8.88. The van der Waals surface area contributed by atoms with Crippen molar-refractivity contribution >= 4 is 61.2 Å². The number of rotatable bonds is 9. The Bertz CT molecular complexity index is 1270. The first-order valence-electron chi connectivity index (χ1n) is 9.59. The predicted molar refractivity (Wildman–Crippen MR) is 127 cm³/mol. The van der Waals surface area contributed by atoms with E-state index in [1.165, 1.54) is 0 Å². The van der Waals surface area contributed by atoms with Crippen LogP contribution in [0.25, 0.3) is 10.9 Å². The number of halogens is 1. The van der Waals surface area contributed by atoms with Crippen molar-refractivity contribution < 1.29 is 13.9 Å². The number of nitrogens with one attached hydrogen (secondary N) is 3. The normalized spacial score (nSPS) is 12.1. The van der Waals surface area contributed by atoms with Crippen LogP contribution in [0.15, 0.2) is 59.3 Å². The number of anilines is 4. The molecule has 4 aromatic rings. The number of aromatic nitrogens is 4. The van der Waals surface area contributed by atoms with Gasteiger partial charge in [0.15, 0.2) is 0 Å². The molecule has 0 aliphatic carbocycles. The lowest BCUT2D eigenvalue weighted by atomic mass is 10.2. The topological polar surface area (TPSA) is 137 Å². The zero-order chi connectivity index (χ0) is 22.5. The van der Waals surface area contributed by atoms with Crippen LogP contribution < -0.4 is 15.4 Å². The number of para-hydroxylation sites is 1. The Morgan fingerprint density at radius 1 is 1.12 bits per heavy atom. The Hall–Kier alpha value is -2.90. The third-order valence-electron chi connectivity index (χ3n) is 4.61. The number of fused-ring (bicyclic) bond motifs is 1. The van der Waals surface area contributed by atoms with Gasteiger partial charge in [-0.05, 0) is 45.8 Å². The van der Waals surface area contributed by atoms with Gasteiger partial charge in [-0.25, -0.2) is 13.9 Å². The Labute approximate surface area is 194 Å². The van der Waals surface area contributed by atoms with E-state index in [-0.39, 0.29) is 13.2 Å². The van der Waals surface area contributed by atoms with Crippen molar-refractivity contribution in [3.05, 3.63) is 64.9 Å². The highest BCUT2D eigenvalue weighted by molar-refractivity contribution is 9.10. The minimum Gasteiger partial charge on any atom is -0.394 e. The van der Waals surface area contributed by atoms with Crippen molar-refractivity contribution in [2.75, 3.05) is 17.2 Å². The van der Waals surface area contributed by atoms with E-state index < -0.39 is 11.3 Å². The largest absolute Gasteiger partial charge is 0.394 e. The van der Waals surface area contributed by atoms with Gasteiger partial charge in [-0.2, -0.15) is 10.1 Å². The summed E-state index contributed by atoms with van der Waals surface area (Å²) in [5, 5.41) is 20.9. The number of aliphatic hydroxyl groups excluding tert-OH is 1. The molecule has 10 nitrogen and oxygen atoms in total. The highest BCUT2D eigenvalue weighted by Crippen LogP contribution is 2.28. The Balaban J connectivity index is 1.57. The van der Waals surface area contributed by atoms with E-state index in [4.69, 9.17) is 4.55 Å². The molecule has 0 amide bonds. The Kier molecular flexibility index (Phi) is 7.07. The molecule has 0 aliphatic rings. The van der Waals surface area contributed by atoms with Gasteiger partial charge in [-0.1, -0.05) is 18.2 Å². The molecule has 12 heteroatoms. The van der Waals surface area contributed by atoms with E-state index in [1.807, 2.05) is 42.5 Å². The van der Waals surface area contributed by atoms with Crippen LogP contribution in [0.3, 0.4) is 0 Å². The van der Waals surface area contributed by atoms with Gasteiger partial charge in [-0.3, -0.25) is 9.23 Å². The summed E-state index contributed by atoms with van der Waals surface area (Å²) in [6.07, 6.45) is 3.39. The molecular weight excluding hydrogens is 498 g/mol. The number of aliphatic hydroxyl groups is 1. The lowest BCUT2D eigenvalue weighted by molar-refractivity contribution is 0.271. The van der Waals surface area contributed by atoms with Crippen LogP contribution >= 0.6 is 15.9 Å². The molecule has 0 spiro atoms. The van der Waals surface area contributed by atoms with Gasteiger partial charge >= 0.3 is 0 Å². The number of benzene rings is 2. The van der Waals surface area contributed by atoms with E-state index in [0.29, 0.717) is 22.8 Å². The minimum atomic E-state index is -2.10. The SMILES string of the molecule is O=S(O)NCc1ccccc1Nc1nc(Nc2ccc3cnn(CCO)c3c2)ncc1Br. The molecular formula is C20H20BrN7O3S. The summed E-state index contributed by atoms with van der Waals surface area (Å²) in [7, 11) is 0. The van der Waals surface area contributed by atoms with Gasteiger partial charge in [-0.15, -0.1) is 0 Å². The lowest BCUT2D eigenvalue weighted by Crippen LogP contribution is -2.16. The molecule has 5 N–H and O–H groups in total. The fourth-order valence-electron chi connectivity index (χ4n) is 3.13. The third kappa shape index (κ3) is 5.29. The molecule has 0 fully saturated rings. The lowest BCUT2D eigenvalue weighted by Gasteiger charge is -2.13. The van der Waals surface area contributed by atoms with Crippen molar-refractivity contribution in [3.8, 4) is 0 Å². The zero-order valence-corrected chi connectivity index (χ0v) is 19.1. The Morgan fingerprint density at radius 2 is 1.97 bits per heavy atom. The summed E-state index contributed by atoms with van der Waals surface area (Å²) < 4.78 is 24.8. The molecule has 1 unspecified atom stereocenters. The van der Waals surface area contributed by atoms with E-state index in [1.54, 1.807) is 17.1 Å². The molecule has 0 radical (unpaired) electrons. The molecule has 2 aromatic carbocycles. The van der Waals surface area contributed by atoms with E-state index in [0.717, 1.165) is 27.8 Å². The molecule has 2 heterocycles. The summed E-state index contributed by atoms with van der Waals surface area (Å²) in [6.45, 7) is 0.625. The smallest absolute Gasteiger partial charge is 0.232 e. The molecule has 4 rings (SSSR count). The van der Waals surface area contributed by atoms with E-state index in [9.17, 15) is 9.32 Å². The van der Waals surface area contributed by atoms with Gasteiger partial charge in [0.05, 0.1) is 29.3 Å². The molecule has 0 bridgehead atoms. The molecule has 166 valence electrons. The molecule has 2 aromatic heterocycles. The van der Waals surface area contributed by atoms with Gasteiger partial charge in [0.1, 0.15) is 5.82 Å². The average Bonchev–Trinajstić information content (AvgIpc) is 3.18. The first-order chi connectivity index (χ1) is 15.5. The van der Waals surface area contributed by atoms with Crippen molar-refractivity contribution in [2.45, 2.75) is 13.1 Å². The standard InChI is InChI=1S/C20H20BrN7O3S/c21-16-12-22-20(25-15-6-5-14-10-23-28(7-8-29)18(14)9-15)27-19(16)26-17-4-2-1-3-13(17)11-24-32(30)31/h1-6,9-10,12,24,29H,7-8,11H2,(H,30,31)(H2,22,25,26,27). The van der Waals surface area contributed by atoms with Crippen molar-refractivity contribution in [1.29, 1.82) is 0 Å².